The molecule has 1 rings (SSSR count). The molecular weight excluding hydrogens is 171 g/mol. The fourth-order valence-corrected chi connectivity index (χ4v) is 0.899. The van der Waals surface area contributed by atoms with Crippen LogP contribution in [0.4, 0.5) is 0 Å². The summed E-state index contributed by atoms with van der Waals surface area (Å²) in [5, 5.41) is 17.5. The topological polar surface area (TPSA) is 66.8 Å². The zero-order chi connectivity index (χ0) is 9.68. The number of hydrogen-bond acceptors (Lipinski definition) is 4. The molecule has 13 heavy (non-hydrogen) atoms. The van der Waals surface area contributed by atoms with Crippen molar-refractivity contribution in [1.29, 1.82) is 0 Å². The third kappa shape index (κ3) is 2.89. The molecule has 0 unspecified atom stereocenters. The molecule has 0 saturated heterocycles. The fraction of sp³-hybridized carbons (Fsp3) is 0.125. The molecule has 5 heteroatoms. The first-order valence-corrected chi connectivity index (χ1v) is 3.68. The predicted octanol–water partition coefficient (Wildman–Crippen LogP) is -1.05. The van der Waals surface area contributed by atoms with E-state index in [9.17, 15) is 4.79 Å². The summed E-state index contributed by atoms with van der Waals surface area (Å²) in [7, 11) is -1.47. The van der Waals surface area contributed by atoms with Gasteiger partial charge in [0.1, 0.15) is 6.61 Å². The van der Waals surface area contributed by atoms with E-state index < -0.39 is 7.12 Å². The summed E-state index contributed by atoms with van der Waals surface area (Å²) in [6, 6.07) is 6.39. The summed E-state index contributed by atoms with van der Waals surface area (Å²) < 4.78 is 4.39. The van der Waals surface area contributed by atoms with Gasteiger partial charge in [-0.15, -0.1) is 0 Å². The molecule has 0 spiro atoms. The van der Waals surface area contributed by atoms with E-state index in [1.165, 1.54) is 6.47 Å². The van der Waals surface area contributed by atoms with Crippen molar-refractivity contribution in [2.75, 3.05) is 0 Å². The molecule has 4 nitrogen and oxygen atoms in total. The van der Waals surface area contributed by atoms with Crippen LogP contribution < -0.4 is 5.46 Å². The lowest BCUT2D eigenvalue weighted by Gasteiger charge is -2.01. The minimum atomic E-state index is -1.47. The zero-order valence-corrected chi connectivity index (χ0v) is 6.80. The lowest BCUT2D eigenvalue weighted by atomic mass is 9.80. The molecule has 0 heterocycles. The number of carbonyl (C=O) groups excluding carboxylic acids is 1. The third-order valence-corrected chi connectivity index (χ3v) is 1.58. The highest BCUT2D eigenvalue weighted by molar-refractivity contribution is 6.58. The lowest BCUT2D eigenvalue weighted by molar-refractivity contribution is 0.267. The van der Waals surface area contributed by atoms with Crippen LogP contribution in [0, 0.1) is 0 Å². The van der Waals surface area contributed by atoms with Crippen LogP contribution in [0.5, 0.6) is 0 Å². The molecule has 0 saturated carbocycles. The maximum absolute atomic E-state index is 9.73. The molecule has 0 aromatic heterocycles. The monoisotopic (exact) mass is 179 g/mol. The van der Waals surface area contributed by atoms with Gasteiger partial charge in [0, 0.05) is 0 Å². The van der Waals surface area contributed by atoms with Crippen molar-refractivity contribution in [3.63, 3.8) is 0 Å². The smallest absolute Gasteiger partial charge is 0.452 e. The molecular formula is C8H8BO4. The van der Waals surface area contributed by atoms with Crippen LogP contribution in [-0.2, 0) is 16.1 Å². The second-order valence-electron chi connectivity index (χ2n) is 2.49. The van der Waals surface area contributed by atoms with Crippen molar-refractivity contribution < 1.29 is 19.6 Å². The van der Waals surface area contributed by atoms with Crippen molar-refractivity contribution in [1.82, 2.24) is 0 Å². The van der Waals surface area contributed by atoms with Gasteiger partial charge in [-0.3, -0.25) is 0 Å². The summed E-state index contributed by atoms with van der Waals surface area (Å²) in [5.74, 6) is 0. The molecule has 1 radical (unpaired) electrons. The van der Waals surface area contributed by atoms with Crippen molar-refractivity contribution in [2.24, 2.45) is 0 Å². The Balaban J connectivity index is 2.64. The Morgan fingerprint density at radius 1 is 1.31 bits per heavy atom. The Kier molecular flexibility index (Phi) is 3.48. The summed E-state index contributed by atoms with van der Waals surface area (Å²) in [5.41, 5.74) is 1.17. The van der Waals surface area contributed by atoms with Crippen LogP contribution in [0.1, 0.15) is 5.56 Å². The van der Waals surface area contributed by atoms with Gasteiger partial charge in [-0.2, -0.15) is 0 Å². The van der Waals surface area contributed by atoms with Gasteiger partial charge < -0.3 is 14.8 Å². The zero-order valence-electron chi connectivity index (χ0n) is 6.80. The molecule has 0 amide bonds. The van der Waals surface area contributed by atoms with Gasteiger partial charge in [-0.1, -0.05) is 24.3 Å². The Labute approximate surface area is 75.9 Å². The predicted molar refractivity (Wildman–Crippen MR) is 46.8 cm³/mol. The lowest BCUT2D eigenvalue weighted by Crippen LogP contribution is -2.29. The van der Waals surface area contributed by atoms with E-state index >= 15 is 0 Å². The van der Waals surface area contributed by atoms with E-state index in [-0.39, 0.29) is 6.61 Å². The maximum atomic E-state index is 9.73. The van der Waals surface area contributed by atoms with Crippen molar-refractivity contribution in [3.05, 3.63) is 29.8 Å². The summed E-state index contributed by atoms with van der Waals surface area (Å²) in [6.07, 6.45) is 0. The van der Waals surface area contributed by atoms with E-state index in [0.29, 0.717) is 5.46 Å². The second kappa shape index (κ2) is 4.64. The van der Waals surface area contributed by atoms with Crippen LogP contribution >= 0.6 is 0 Å². The highest BCUT2D eigenvalue weighted by atomic mass is 16.5. The Morgan fingerprint density at radius 2 is 1.92 bits per heavy atom. The molecule has 67 valence electrons. The Morgan fingerprint density at radius 3 is 2.38 bits per heavy atom. The molecule has 0 fully saturated rings. The van der Waals surface area contributed by atoms with Crippen LogP contribution in [0.3, 0.4) is 0 Å². The highest BCUT2D eigenvalue weighted by Gasteiger charge is 2.09. The summed E-state index contributed by atoms with van der Waals surface area (Å²) in [6.45, 7) is 1.45. The molecule has 0 aliphatic carbocycles. The molecule has 0 aliphatic rings. The van der Waals surface area contributed by atoms with E-state index in [2.05, 4.69) is 4.74 Å². The minimum absolute atomic E-state index is 0.144. The quantitative estimate of drug-likeness (QED) is 0.578. The molecule has 2 N–H and O–H groups in total. The SMILES string of the molecule is O=[C]OCc1ccc(B(O)O)cc1. The number of benzene rings is 1. The van der Waals surface area contributed by atoms with Crippen molar-refractivity contribution in [2.45, 2.75) is 6.61 Å². The van der Waals surface area contributed by atoms with Gasteiger partial charge in [0.15, 0.2) is 0 Å². The first-order valence-electron chi connectivity index (χ1n) is 3.68. The molecule has 0 atom stereocenters. The van der Waals surface area contributed by atoms with E-state index in [1.807, 2.05) is 0 Å². The number of ether oxygens (including phenoxy) is 1. The highest BCUT2D eigenvalue weighted by Crippen LogP contribution is 1.98. The largest absolute Gasteiger partial charge is 0.488 e. The van der Waals surface area contributed by atoms with Gasteiger partial charge in [-0.25, -0.2) is 4.79 Å². The normalized spacial score (nSPS) is 9.38. The average Bonchev–Trinajstić information content (AvgIpc) is 2.15. The van der Waals surface area contributed by atoms with Crippen LogP contribution in [0.25, 0.3) is 0 Å². The first-order chi connectivity index (χ1) is 6.24. The molecule has 1 aromatic rings. The van der Waals surface area contributed by atoms with Crippen molar-refractivity contribution >= 4 is 19.1 Å². The van der Waals surface area contributed by atoms with Crippen LogP contribution in [0.15, 0.2) is 24.3 Å². The van der Waals surface area contributed by atoms with Crippen molar-refractivity contribution in [3.8, 4) is 0 Å². The summed E-state index contributed by atoms with van der Waals surface area (Å²) in [4.78, 5) is 9.73. The summed E-state index contributed by atoms with van der Waals surface area (Å²) >= 11 is 0. The van der Waals surface area contributed by atoms with Crippen LogP contribution in [-0.4, -0.2) is 23.6 Å². The molecule has 1 aromatic carbocycles. The average molecular weight is 179 g/mol. The van der Waals surface area contributed by atoms with E-state index in [4.69, 9.17) is 10.0 Å². The molecule has 0 aliphatic heterocycles. The first kappa shape index (κ1) is 9.76. The third-order valence-electron chi connectivity index (χ3n) is 1.58. The molecule has 0 bridgehead atoms. The van der Waals surface area contributed by atoms with Gasteiger partial charge in [0.05, 0.1) is 0 Å². The van der Waals surface area contributed by atoms with Gasteiger partial charge >= 0.3 is 13.6 Å². The Hall–Kier alpha value is -1.33. The van der Waals surface area contributed by atoms with E-state index in [1.54, 1.807) is 24.3 Å². The number of hydrogen-bond donors (Lipinski definition) is 2. The minimum Gasteiger partial charge on any atom is -0.452 e. The number of rotatable bonds is 4. The standard InChI is InChI=1S/C8H8BO4/c10-6-13-5-7-1-3-8(4-2-7)9(11)12/h1-4,11-12H,5H2. The van der Waals surface area contributed by atoms with E-state index in [0.717, 1.165) is 5.56 Å². The Bertz CT molecular complexity index is 270. The fourth-order valence-electron chi connectivity index (χ4n) is 0.899. The van der Waals surface area contributed by atoms with Gasteiger partial charge in [-0.05, 0) is 11.0 Å². The van der Waals surface area contributed by atoms with Gasteiger partial charge in [0.25, 0.3) is 0 Å². The second-order valence-corrected chi connectivity index (χ2v) is 2.49. The van der Waals surface area contributed by atoms with Gasteiger partial charge in [0.2, 0.25) is 0 Å². The maximum Gasteiger partial charge on any atom is 0.488 e. The van der Waals surface area contributed by atoms with Crippen LogP contribution in [0.2, 0.25) is 0 Å².